The van der Waals surface area contributed by atoms with Gasteiger partial charge in [0.1, 0.15) is 12.4 Å². The maximum absolute atomic E-state index is 12.3. The SMILES string of the molecule is COC(=O)C1=C(C(=O)OC)N(c2ccc(-n3nnc(C)n3)cc2)COC1. The molecule has 1 aliphatic heterocycles. The number of esters is 2. The van der Waals surface area contributed by atoms with E-state index in [-0.39, 0.29) is 24.6 Å². The van der Waals surface area contributed by atoms with Gasteiger partial charge in [0, 0.05) is 5.69 Å². The Kier molecular flexibility index (Phi) is 4.94. The zero-order valence-corrected chi connectivity index (χ0v) is 14.5. The van der Waals surface area contributed by atoms with E-state index in [2.05, 4.69) is 15.4 Å². The third-order valence-electron chi connectivity index (χ3n) is 3.74. The molecule has 0 amide bonds. The van der Waals surface area contributed by atoms with Crippen molar-refractivity contribution in [2.24, 2.45) is 0 Å². The van der Waals surface area contributed by atoms with Crippen molar-refractivity contribution in [1.82, 2.24) is 20.2 Å². The monoisotopic (exact) mass is 359 g/mol. The molecule has 0 saturated heterocycles. The number of carbonyl (C=O) groups excluding carboxylic acids is 2. The average molecular weight is 359 g/mol. The lowest BCUT2D eigenvalue weighted by molar-refractivity contribution is -0.140. The quantitative estimate of drug-likeness (QED) is 0.715. The summed E-state index contributed by atoms with van der Waals surface area (Å²) in [6, 6.07) is 7.02. The van der Waals surface area contributed by atoms with E-state index in [4.69, 9.17) is 14.2 Å². The molecule has 0 saturated carbocycles. The van der Waals surface area contributed by atoms with Gasteiger partial charge in [-0.2, -0.15) is 0 Å². The number of aromatic nitrogens is 4. The zero-order valence-electron chi connectivity index (χ0n) is 14.5. The van der Waals surface area contributed by atoms with Crippen LogP contribution in [0.4, 0.5) is 5.69 Å². The molecular weight excluding hydrogens is 342 g/mol. The summed E-state index contributed by atoms with van der Waals surface area (Å²) in [6.45, 7) is 1.80. The molecule has 0 unspecified atom stereocenters. The van der Waals surface area contributed by atoms with Crippen LogP contribution in [0.25, 0.3) is 5.69 Å². The van der Waals surface area contributed by atoms with Crippen molar-refractivity contribution in [2.45, 2.75) is 6.92 Å². The number of anilines is 1. The molecule has 0 spiro atoms. The van der Waals surface area contributed by atoms with Gasteiger partial charge < -0.3 is 19.1 Å². The normalized spacial score (nSPS) is 14.3. The molecule has 2 heterocycles. The first-order valence-electron chi connectivity index (χ1n) is 7.67. The molecule has 2 aromatic rings. The summed E-state index contributed by atoms with van der Waals surface area (Å²) >= 11 is 0. The van der Waals surface area contributed by atoms with Gasteiger partial charge in [-0.15, -0.1) is 15.0 Å². The number of rotatable bonds is 4. The van der Waals surface area contributed by atoms with E-state index >= 15 is 0 Å². The van der Waals surface area contributed by atoms with Gasteiger partial charge in [0.15, 0.2) is 5.82 Å². The highest BCUT2D eigenvalue weighted by atomic mass is 16.5. The molecule has 10 heteroatoms. The highest BCUT2D eigenvalue weighted by Crippen LogP contribution is 2.27. The van der Waals surface area contributed by atoms with Crippen LogP contribution in [0, 0.1) is 6.92 Å². The van der Waals surface area contributed by atoms with Crippen molar-refractivity contribution in [3.63, 3.8) is 0 Å². The van der Waals surface area contributed by atoms with E-state index < -0.39 is 11.9 Å². The molecule has 1 aromatic heterocycles. The molecule has 0 radical (unpaired) electrons. The van der Waals surface area contributed by atoms with Crippen molar-refractivity contribution in [2.75, 3.05) is 32.5 Å². The number of carbonyl (C=O) groups is 2. The number of aryl methyl sites for hydroxylation is 1. The fourth-order valence-corrected chi connectivity index (χ4v) is 2.51. The first-order chi connectivity index (χ1) is 12.5. The summed E-state index contributed by atoms with van der Waals surface area (Å²) < 4.78 is 15.0. The van der Waals surface area contributed by atoms with Gasteiger partial charge in [-0.3, -0.25) is 0 Å². The Bertz CT molecular complexity index is 858. The smallest absolute Gasteiger partial charge is 0.355 e. The fourth-order valence-electron chi connectivity index (χ4n) is 2.51. The fraction of sp³-hybridized carbons (Fsp3) is 0.312. The maximum Gasteiger partial charge on any atom is 0.355 e. The maximum atomic E-state index is 12.3. The Hall–Kier alpha value is -3.27. The summed E-state index contributed by atoms with van der Waals surface area (Å²) in [5.74, 6) is -0.738. The van der Waals surface area contributed by atoms with E-state index in [1.165, 1.54) is 19.0 Å². The van der Waals surface area contributed by atoms with Gasteiger partial charge in [0.2, 0.25) is 0 Å². The van der Waals surface area contributed by atoms with Crippen LogP contribution >= 0.6 is 0 Å². The third kappa shape index (κ3) is 3.26. The number of methoxy groups -OCH3 is 2. The first-order valence-corrected chi connectivity index (χ1v) is 7.67. The minimum Gasteiger partial charge on any atom is -0.466 e. The number of hydrogen-bond acceptors (Lipinski definition) is 9. The Balaban J connectivity index is 1.98. The van der Waals surface area contributed by atoms with Crippen molar-refractivity contribution < 1.29 is 23.8 Å². The van der Waals surface area contributed by atoms with Crippen LogP contribution in [0.3, 0.4) is 0 Å². The molecule has 0 atom stereocenters. The zero-order chi connectivity index (χ0) is 18.7. The van der Waals surface area contributed by atoms with Gasteiger partial charge in [-0.1, -0.05) is 0 Å². The molecule has 3 rings (SSSR count). The molecule has 1 aromatic carbocycles. The van der Waals surface area contributed by atoms with Crippen LogP contribution in [0.15, 0.2) is 35.5 Å². The molecule has 10 nitrogen and oxygen atoms in total. The average Bonchev–Trinajstić information content (AvgIpc) is 3.12. The van der Waals surface area contributed by atoms with E-state index in [9.17, 15) is 9.59 Å². The first kappa shape index (κ1) is 17.5. The minimum absolute atomic E-state index is 0.0339. The highest BCUT2D eigenvalue weighted by Gasteiger charge is 2.32. The molecular formula is C16H17N5O5. The molecule has 0 bridgehead atoms. The van der Waals surface area contributed by atoms with Crippen LogP contribution in [-0.4, -0.2) is 59.7 Å². The van der Waals surface area contributed by atoms with Gasteiger partial charge in [0.25, 0.3) is 0 Å². The molecule has 26 heavy (non-hydrogen) atoms. The number of tetrazole rings is 1. The lowest BCUT2D eigenvalue weighted by atomic mass is 10.1. The number of hydrogen-bond donors (Lipinski definition) is 0. The van der Waals surface area contributed by atoms with E-state index in [1.807, 2.05) is 0 Å². The molecule has 0 fully saturated rings. The van der Waals surface area contributed by atoms with Gasteiger partial charge in [0.05, 0.1) is 32.1 Å². The summed E-state index contributed by atoms with van der Waals surface area (Å²) in [4.78, 5) is 27.2. The highest BCUT2D eigenvalue weighted by molar-refractivity contribution is 6.03. The summed E-state index contributed by atoms with van der Waals surface area (Å²) in [7, 11) is 2.49. The Morgan fingerprint density at radius 1 is 1.08 bits per heavy atom. The summed E-state index contributed by atoms with van der Waals surface area (Å²) in [5.41, 5.74) is 1.52. The van der Waals surface area contributed by atoms with Gasteiger partial charge >= 0.3 is 11.9 Å². The Morgan fingerprint density at radius 3 is 2.31 bits per heavy atom. The second-order valence-electron chi connectivity index (χ2n) is 5.36. The van der Waals surface area contributed by atoms with E-state index in [0.29, 0.717) is 17.2 Å². The lowest BCUT2D eigenvalue weighted by Crippen LogP contribution is -2.38. The second kappa shape index (κ2) is 7.31. The third-order valence-corrected chi connectivity index (χ3v) is 3.74. The van der Waals surface area contributed by atoms with Crippen LogP contribution in [-0.2, 0) is 23.8 Å². The Labute approximate surface area is 148 Å². The van der Waals surface area contributed by atoms with E-state index in [0.717, 1.165) is 0 Å². The number of ether oxygens (including phenoxy) is 3. The topological polar surface area (TPSA) is 109 Å². The largest absolute Gasteiger partial charge is 0.466 e. The molecule has 136 valence electrons. The molecule has 0 N–H and O–H groups in total. The van der Waals surface area contributed by atoms with Crippen molar-refractivity contribution >= 4 is 17.6 Å². The summed E-state index contributed by atoms with van der Waals surface area (Å²) in [5, 5.41) is 11.9. The second-order valence-corrected chi connectivity index (χ2v) is 5.36. The number of benzene rings is 1. The standard InChI is InChI=1S/C16H17N5O5/c1-10-17-19-21(18-10)12-6-4-11(5-7-12)20-9-26-8-13(15(22)24-2)14(20)16(23)25-3/h4-7H,8-9H2,1-3H3. The Morgan fingerprint density at radius 2 is 1.73 bits per heavy atom. The number of nitrogens with zero attached hydrogens (tertiary/aromatic N) is 5. The molecule has 0 aliphatic carbocycles. The van der Waals surface area contributed by atoms with Crippen LogP contribution < -0.4 is 4.90 Å². The van der Waals surface area contributed by atoms with Crippen molar-refractivity contribution in [3.05, 3.63) is 41.4 Å². The van der Waals surface area contributed by atoms with E-state index in [1.54, 1.807) is 36.1 Å². The predicted octanol–water partition coefficient (Wildman–Crippen LogP) is 0.365. The van der Waals surface area contributed by atoms with Crippen LogP contribution in [0.1, 0.15) is 5.82 Å². The van der Waals surface area contributed by atoms with Crippen molar-refractivity contribution in [1.29, 1.82) is 0 Å². The lowest BCUT2D eigenvalue weighted by Gasteiger charge is -2.31. The predicted molar refractivity (Wildman–Crippen MR) is 88.2 cm³/mol. The summed E-state index contributed by atoms with van der Waals surface area (Å²) in [6.07, 6.45) is 0. The van der Waals surface area contributed by atoms with Crippen LogP contribution in [0.2, 0.25) is 0 Å². The van der Waals surface area contributed by atoms with Gasteiger partial charge in [-0.25, -0.2) is 9.59 Å². The van der Waals surface area contributed by atoms with Crippen molar-refractivity contribution in [3.8, 4) is 5.69 Å². The van der Waals surface area contributed by atoms with Gasteiger partial charge in [-0.05, 0) is 36.4 Å². The minimum atomic E-state index is -0.647. The molecule has 1 aliphatic rings. The van der Waals surface area contributed by atoms with Crippen LogP contribution in [0.5, 0.6) is 0 Å².